The summed E-state index contributed by atoms with van der Waals surface area (Å²) in [5.41, 5.74) is 6.52. The van der Waals surface area contributed by atoms with E-state index in [9.17, 15) is 9.59 Å². The lowest BCUT2D eigenvalue weighted by Crippen LogP contribution is -2.48. The zero-order valence-corrected chi connectivity index (χ0v) is 33.4. The van der Waals surface area contributed by atoms with Crippen LogP contribution in [0, 0.1) is 21.6 Å². The van der Waals surface area contributed by atoms with E-state index in [0.717, 1.165) is 31.6 Å². The second kappa shape index (κ2) is 29.3. The molecule has 0 bridgehead atoms. The fraction of sp³-hybridized carbons (Fsp3) is 0.471. The van der Waals surface area contributed by atoms with Crippen molar-refractivity contribution in [2.45, 2.75) is 74.5 Å². The first-order valence-corrected chi connectivity index (χ1v) is 18.4. The quantitative estimate of drug-likeness (QED) is 0.0759. The van der Waals surface area contributed by atoms with E-state index < -0.39 is 74.0 Å². The summed E-state index contributed by atoms with van der Waals surface area (Å²) in [6, 6.07) is 14.0. The summed E-state index contributed by atoms with van der Waals surface area (Å²) < 4.78 is 0. The summed E-state index contributed by atoms with van der Waals surface area (Å²) in [6.45, 7) is 0.0925. The zero-order valence-electron chi connectivity index (χ0n) is 31.9. The molecule has 0 unspecified atom stereocenters. The second-order valence-electron chi connectivity index (χ2n) is 12.5. The van der Waals surface area contributed by atoms with Crippen LogP contribution >= 0.6 is 23.2 Å². The van der Waals surface area contributed by atoms with Crippen molar-refractivity contribution >= 4 is 70.4 Å². The highest BCUT2D eigenvalue weighted by molar-refractivity contribution is 6.31. The third-order valence-electron chi connectivity index (χ3n) is 7.67. The Balaban J connectivity index is 0.000000791. The van der Waals surface area contributed by atoms with Crippen LogP contribution in [-0.2, 0) is 9.59 Å². The SMILES string of the molecule is N=C(N)NC(=N)Nc1ccc(Cl)cc1.N=C(NC(=N)N1CCCCCC1)Nc1ccc(Cl)cc1.O=C(O)[C@H](O)[C@@H](O)[C@H](O)[C@H](O)CO.O=C(O)[C@H](O)[C@@H](O)[C@H](O)[C@H](O)CO. The van der Waals surface area contributed by atoms with Crippen molar-refractivity contribution in [1.29, 1.82) is 21.6 Å². The largest absolute Gasteiger partial charge is 0.479 e. The maximum absolute atomic E-state index is 10.1. The second-order valence-corrected chi connectivity index (χ2v) is 13.3. The highest BCUT2D eigenvalue weighted by Gasteiger charge is 2.34. The number of nitrogens with two attached hydrogens (primary N) is 1. The molecule has 1 aliphatic heterocycles. The first-order chi connectivity index (χ1) is 28.0. The molecule has 0 aliphatic carbocycles. The van der Waals surface area contributed by atoms with Crippen molar-refractivity contribution in [3.05, 3.63) is 58.6 Å². The summed E-state index contributed by atoms with van der Waals surface area (Å²) in [5.74, 6) is -3.40. The van der Waals surface area contributed by atoms with Crippen LogP contribution in [0.4, 0.5) is 11.4 Å². The van der Waals surface area contributed by atoms with Crippen LogP contribution in [0.15, 0.2) is 48.5 Å². The molecule has 2 aromatic rings. The average molecular weight is 898 g/mol. The van der Waals surface area contributed by atoms with Gasteiger partial charge in [0.1, 0.15) is 36.6 Å². The molecule has 338 valence electrons. The number of aliphatic carboxylic acids is 2. The highest BCUT2D eigenvalue weighted by atomic mass is 35.5. The van der Waals surface area contributed by atoms with Crippen molar-refractivity contribution in [1.82, 2.24) is 15.5 Å². The molecule has 2 aromatic carbocycles. The standard InChI is InChI=1S/C14H20ClN5.C8H10ClN5.2C6H12O7/c15-11-5-7-12(8-6-11)18-13(16)19-14(17)20-9-3-1-2-4-10-20;9-5-1-3-6(4-2-5)13-8(12)14-7(10)11;2*7-1-2(8)3(9)4(10)5(11)6(12)13/h5-8H,1-4,9-10H2,(H4,16,17,18,19);1-4H,(H6,10,11,12,13,14);2*2-5,7-11H,1H2,(H,12,13)/t;;2*2-,3-,4+,5-/m..11/s1. The molecule has 26 heteroatoms. The van der Waals surface area contributed by atoms with E-state index in [4.69, 9.17) is 112 Å². The Morgan fingerprint density at radius 2 is 0.933 bits per heavy atom. The lowest BCUT2D eigenvalue weighted by atomic mass is 10.0. The molecule has 22 N–H and O–H groups in total. The fourth-order valence-corrected chi connectivity index (χ4v) is 4.63. The molecule has 0 aromatic heterocycles. The Morgan fingerprint density at radius 1 is 0.600 bits per heavy atom. The van der Waals surface area contributed by atoms with Crippen molar-refractivity contribution in [2.24, 2.45) is 5.73 Å². The van der Waals surface area contributed by atoms with Crippen molar-refractivity contribution in [2.75, 3.05) is 36.9 Å². The van der Waals surface area contributed by atoms with Crippen LogP contribution in [0.1, 0.15) is 25.7 Å². The minimum absolute atomic E-state index is 0.0557. The van der Waals surface area contributed by atoms with Gasteiger partial charge in [-0.25, -0.2) is 9.59 Å². The van der Waals surface area contributed by atoms with E-state index in [1.807, 2.05) is 4.90 Å². The fourth-order valence-electron chi connectivity index (χ4n) is 4.38. The summed E-state index contributed by atoms with van der Waals surface area (Å²) in [6.07, 6.45) is -11.0. The number of aliphatic hydroxyl groups excluding tert-OH is 10. The minimum atomic E-state index is -2.20. The highest BCUT2D eigenvalue weighted by Crippen LogP contribution is 2.14. The number of carboxylic acid groups (broad SMARTS) is 2. The number of likely N-dealkylation sites (tertiary alicyclic amines) is 1. The molecule has 1 heterocycles. The van der Waals surface area contributed by atoms with E-state index in [1.165, 1.54) is 12.8 Å². The number of halogens is 2. The van der Waals surface area contributed by atoms with Gasteiger partial charge >= 0.3 is 11.9 Å². The van der Waals surface area contributed by atoms with Gasteiger partial charge in [0, 0.05) is 34.5 Å². The van der Waals surface area contributed by atoms with E-state index >= 15 is 0 Å². The number of rotatable bonds is 12. The van der Waals surface area contributed by atoms with Crippen LogP contribution < -0.4 is 27.0 Å². The molecule has 1 aliphatic rings. The van der Waals surface area contributed by atoms with E-state index in [-0.39, 0.29) is 17.9 Å². The first kappa shape index (κ1) is 55.0. The molecule has 0 amide bonds. The first-order valence-electron chi connectivity index (χ1n) is 17.6. The molecule has 1 saturated heterocycles. The molecule has 0 radical (unpaired) electrons. The molecule has 0 spiro atoms. The molecule has 0 saturated carbocycles. The number of nitrogens with one attached hydrogen (secondary N) is 8. The summed E-state index contributed by atoms with van der Waals surface area (Å²) in [4.78, 5) is 22.2. The van der Waals surface area contributed by atoms with Gasteiger partial charge in [0.15, 0.2) is 36.0 Å². The van der Waals surface area contributed by atoms with E-state index in [1.54, 1.807) is 48.5 Å². The molecular formula is C34H54Cl2N10O14. The van der Waals surface area contributed by atoms with Gasteiger partial charge in [0.25, 0.3) is 0 Å². The maximum atomic E-state index is 10.1. The lowest BCUT2D eigenvalue weighted by Gasteiger charge is -2.24. The normalized spacial score (nSPS) is 16.1. The molecule has 8 atom stereocenters. The number of hydrogen-bond donors (Lipinski definition) is 21. The van der Waals surface area contributed by atoms with Gasteiger partial charge in [0.05, 0.1) is 13.2 Å². The Hall–Kier alpha value is -4.96. The number of carbonyl (C=O) groups is 2. The predicted octanol–water partition coefficient (Wildman–Crippen LogP) is -2.73. The van der Waals surface area contributed by atoms with Gasteiger partial charge in [-0.2, -0.15) is 0 Å². The van der Waals surface area contributed by atoms with Gasteiger partial charge in [-0.3, -0.25) is 32.3 Å². The third-order valence-corrected chi connectivity index (χ3v) is 8.17. The summed E-state index contributed by atoms with van der Waals surface area (Å²) in [7, 11) is 0. The van der Waals surface area contributed by atoms with Crippen molar-refractivity contribution in [3.63, 3.8) is 0 Å². The molecule has 3 rings (SSSR count). The molecule has 60 heavy (non-hydrogen) atoms. The van der Waals surface area contributed by atoms with Gasteiger partial charge in [-0.1, -0.05) is 36.0 Å². The summed E-state index contributed by atoms with van der Waals surface area (Å²) >= 11 is 11.5. The average Bonchev–Trinajstić information content (AvgIpc) is 3.50. The number of nitrogens with zero attached hydrogens (tertiary/aromatic N) is 1. The van der Waals surface area contributed by atoms with Crippen LogP contribution in [-0.4, -0.2) is 177 Å². The Kier molecular flexibility index (Phi) is 26.9. The van der Waals surface area contributed by atoms with Crippen LogP contribution in [0.25, 0.3) is 0 Å². The number of hydrogen-bond acceptors (Lipinski definition) is 16. The third kappa shape index (κ3) is 22.4. The molecular weight excluding hydrogens is 843 g/mol. The van der Waals surface area contributed by atoms with Gasteiger partial charge < -0.3 is 82.5 Å². The smallest absolute Gasteiger partial charge is 0.335 e. The molecule has 1 fully saturated rings. The van der Waals surface area contributed by atoms with Crippen LogP contribution in [0.3, 0.4) is 0 Å². The van der Waals surface area contributed by atoms with Gasteiger partial charge in [-0.15, -0.1) is 0 Å². The van der Waals surface area contributed by atoms with Crippen LogP contribution in [0.2, 0.25) is 10.0 Å². The van der Waals surface area contributed by atoms with Crippen LogP contribution in [0.5, 0.6) is 0 Å². The number of carboxylic acids is 2. The minimum Gasteiger partial charge on any atom is -0.479 e. The Morgan fingerprint density at radius 3 is 1.23 bits per heavy atom. The molecule has 24 nitrogen and oxygen atoms in total. The topological polar surface area (TPSA) is 450 Å². The van der Waals surface area contributed by atoms with E-state index in [0.29, 0.717) is 21.7 Å². The Bertz CT molecular complexity index is 1590. The summed E-state index contributed by atoms with van der Waals surface area (Å²) in [5, 5.41) is 146. The Labute approximate surface area is 353 Å². The number of benzene rings is 2. The predicted molar refractivity (Wildman–Crippen MR) is 219 cm³/mol. The monoisotopic (exact) mass is 896 g/mol. The zero-order chi connectivity index (χ0) is 46.1. The number of anilines is 2. The van der Waals surface area contributed by atoms with Gasteiger partial charge in [0.2, 0.25) is 0 Å². The number of aliphatic hydroxyl groups is 10. The van der Waals surface area contributed by atoms with Crippen molar-refractivity contribution in [3.8, 4) is 0 Å². The number of guanidine groups is 4. The lowest BCUT2D eigenvalue weighted by molar-refractivity contribution is -0.164. The van der Waals surface area contributed by atoms with Gasteiger partial charge in [-0.05, 0) is 61.4 Å². The van der Waals surface area contributed by atoms with E-state index in [2.05, 4.69) is 21.3 Å². The van der Waals surface area contributed by atoms with Crippen molar-refractivity contribution < 1.29 is 70.9 Å². The maximum Gasteiger partial charge on any atom is 0.335 e.